The summed E-state index contributed by atoms with van der Waals surface area (Å²) >= 11 is 0. The van der Waals surface area contributed by atoms with Crippen LogP contribution in [0.1, 0.15) is 43.4 Å². The molecule has 2 aliphatic heterocycles. The number of piperidine rings is 1. The maximum absolute atomic E-state index is 13.5. The summed E-state index contributed by atoms with van der Waals surface area (Å²) < 4.78 is 10.0. The zero-order chi connectivity index (χ0) is 32.0. The monoisotopic (exact) mass is 609 g/mol. The number of allylic oxidation sites excluding steroid dienone is 1. The Balaban J connectivity index is 1.45. The number of carbonyl (C=O) groups excluding carboxylic acids is 4. The van der Waals surface area contributed by atoms with Crippen molar-refractivity contribution in [3.05, 3.63) is 87.1 Å². The number of hydrogen-bond acceptors (Lipinski definition) is 10. The first-order valence-corrected chi connectivity index (χ1v) is 14.0. The molecule has 14 heteroatoms. The Kier molecular flexibility index (Phi) is 9.96. The lowest BCUT2D eigenvalue weighted by molar-refractivity contribution is -0.384. The number of likely N-dealkylation sites (tertiary alicyclic amines) is 1. The summed E-state index contributed by atoms with van der Waals surface area (Å²) in [7, 11) is 2.53. The molecule has 0 aliphatic carbocycles. The summed E-state index contributed by atoms with van der Waals surface area (Å²) in [5, 5.41) is 24.8. The van der Waals surface area contributed by atoms with Gasteiger partial charge in [0.2, 0.25) is 0 Å². The van der Waals surface area contributed by atoms with Gasteiger partial charge in [-0.05, 0) is 69.1 Å². The maximum Gasteiger partial charge on any atom is 0.352 e. The minimum atomic E-state index is -1.31. The summed E-state index contributed by atoms with van der Waals surface area (Å²) in [6.45, 7) is 3.01. The van der Waals surface area contributed by atoms with Crippen LogP contribution in [0.4, 0.5) is 15.3 Å². The van der Waals surface area contributed by atoms with Crippen LogP contribution >= 0.6 is 0 Å². The maximum atomic E-state index is 13.5. The predicted molar refractivity (Wildman–Crippen MR) is 155 cm³/mol. The van der Waals surface area contributed by atoms with Gasteiger partial charge in [0, 0.05) is 17.8 Å². The van der Waals surface area contributed by atoms with Crippen molar-refractivity contribution in [2.75, 3.05) is 40.4 Å². The molecule has 1 fully saturated rings. The average Bonchev–Trinajstić information content (AvgIpc) is 3.04. The van der Waals surface area contributed by atoms with Crippen molar-refractivity contribution in [3.63, 3.8) is 0 Å². The zero-order valence-electron chi connectivity index (χ0n) is 24.7. The third kappa shape index (κ3) is 6.40. The van der Waals surface area contributed by atoms with E-state index in [0.717, 1.165) is 12.7 Å². The van der Waals surface area contributed by atoms with Gasteiger partial charge < -0.3 is 19.7 Å². The van der Waals surface area contributed by atoms with Gasteiger partial charge in [0.25, 0.3) is 5.69 Å². The van der Waals surface area contributed by atoms with Crippen molar-refractivity contribution in [2.24, 2.45) is 0 Å². The van der Waals surface area contributed by atoms with Crippen molar-refractivity contribution in [1.29, 1.82) is 0 Å². The molecule has 2 aliphatic rings. The highest BCUT2D eigenvalue weighted by Gasteiger charge is 2.45. The van der Waals surface area contributed by atoms with Crippen LogP contribution in [0.2, 0.25) is 0 Å². The van der Waals surface area contributed by atoms with E-state index in [1.54, 1.807) is 0 Å². The molecule has 0 saturated carbocycles. The number of nitro groups is 1. The van der Waals surface area contributed by atoms with Crippen LogP contribution in [0.25, 0.3) is 0 Å². The lowest BCUT2D eigenvalue weighted by atomic mass is 9.72. The molecule has 4 rings (SSSR count). The van der Waals surface area contributed by atoms with E-state index in [1.807, 2.05) is 30.3 Å². The second-order valence-corrected chi connectivity index (χ2v) is 10.6. The Hall–Kier alpha value is -4.82. The third-order valence-corrected chi connectivity index (χ3v) is 8.16. The summed E-state index contributed by atoms with van der Waals surface area (Å²) in [4.78, 5) is 65.4. The molecule has 14 nitrogen and oxygen atoms in total. The van der Waals surface area contributed by atoms with Crippen LogP contribution in [-0.2, 0) is 24.5 Å². The Morgan fingerprint density at radius 1 is 1.07 bits per heavy atom. The molecule has 1 unspecified atom stereocenters. The smallest absolute Gasteiger partial charge is 0.352 e. The molecule has 1 saturated heterocycles. The molecule has 0 bridgehead atoms. The van der Waals surface area contributed by atoms with E-state index in [1.165, 1.54) is 38.3 Å². The van der Waals surface area contributed by atoms with E-state index in [9.17, 15) is 34.5 Å². The van der Waals surface area contributed by atoms with Crippen LogP contribution in [0.3, 0.4) is 0 Å². The molecule has 0 aromatic heterocycles. The van der Waals surface area contributed by atoms with Crippen molar-refractivity contribution in [3.8, 4) is 0 Å². The summed E-state index contributed by atoms with van der Waals surface area (Å²) in [5.41, 5.74) is 0.236. The van der Waals surface area contributed by atoms with Gasteiger partial charge in [-0.25, -0.2) is 24.3 Å². The second-order valence-electron chi connectivity index (χ2n) is 10.6. The van der Waals surface area contributed by atoms with Crippen molar-refractivity contribution < 1.29 is 38.8 Å². The number of non-ortho nitro benzene ring substituents is 1. The molecule has 0 spiro atoms. The molecule has 4 amide bonds. The van der Waals surface area contributed by atoms with E-state index < -0.39 is 34.4 Å². The van der Waals surface area contributed by atoms with Crippen LogP contribution in [-0.4, -0.2) is 89.4 Å². The topological polar surface area (TPSA) is 172 Å². The van der Waals surface area contributed by atoms with Crippen LogP contribution in [0.15, 0.2) is 65.9 Å². The van der Waals surface area contributed by atoms with Gasteiger partial charge >= 0.3 is 24.0 Å². The normalized spacial score (nSPS) is 18.3. The highest BCUT2D eigenvalue weighted by atomic mass is 16.6. The number of imide groups is 1. The largest absolute Gasteiger partial charge is 0.468 e. The predicted octanol–water partition coefficient (Wildman–Crippen LogP) is 3.52. The number of benzene rings is 2. The van der Waals surface area contributed by atoms with Gasteiger partial charge in [-0.2, -0.15) is 0 Å². The number of rotatable bonds is 9. The number of nitrogens with zero attached hydrogens (tertiary/aromatic N) is 4. The average molecular weight is 610 g/mol. The molecule has 44 heavy (non-hydrogen) atoms. The SMILES string of the molecule is COC(=O)C1=C(C)NC(=O)N(C(=O)N(O)CCCN2CCC(C(=O)OC)(c3ccccc3)CC2)C1c1ccc([N+](=O)[O-])cc1. The number of methoxy groups -OCH3 is 2. The molecule has 1 atom stereocenters. The minimum Gasteiger partial charge on any atom is -0.468 e. The first-order valence-electron chi connectivity index (χ1n) is 14.0. The molecular weight excluding hydrogens is 574 g/mol. The molecule has 2 aromatic rings. The number of hydroxylamine groups is 2. The summed E-state index contributed by atoms with van der Waals surface area (Å²) in [6.07, 6.45) is 1.42. The number of amides is 4. The van der Waals surface area contributed by atoms with Gasteiger partial charge in [-0.1, -0.05) is 30.3 Å². The number of hydrogen-bond donors (Lipinski definition) is 2. The molecular formula is C30H35N5O9. The van der Waals surface area contributed by atoms with Crippen molar-refractivity contribution in [2.45, 2.75) is 37.6 Å². The second kappa shape index (κ2) is 13.7. The van der Waals surface area contributed by atoms with Gasteiger partial charge in [-0.15, -0.1) is 0 Å². The Morgan fingerprint density at radius 2 is 1.70 bits per heavy atom. The number of esters is 2. The quantitative estimate of drug-likeness (QED) is 0.185. The third-order valence-electron chi connectivity index (χ3n) is 8.16. The fourth-order valence-electron chi connectivity index (χ4n) is 5.79. The van der Waals surface area contributed by atoms with Crippen LogP contribution in [0.5, 0.6) is 0 Å². The number of carbonyl (C=O) groups is 4. The highest BCUT2D eigenvalue weighted by Crippen LogP contribution is 2.38. The van der Waals surface area contributed by atoms with Gasteiger partial charge in [0.05, 0.1) is 36.7 Å². The molecule has 234 valence electrons. The zero-order valence-corrected chi connectivity index (χ0v) is 24.7. The van der Waals surface area contributed by atoms with Gasteiger partial charge in [-0.3, -0.25) is 20.1 Å². The molecule has 2 N–H and O–H groups in total. The highest BCUT2D eigenvalue weighted by molar-refractivity contribution is 6.01. The number of nitrogens with one attached hydrogen (secondary N) is 1. The number of nitro benzene ring substituents is 1. The Bertz CT molecular complexity index is 1440. The number of ether oxygens (including phenoxy) is 2. The molecule has 0 radical (unpaired) electrons. The first-order chi connectivity index (χ1) is 21.0. The van der Waals surface area contributed by atoms with Crippen LogP contribution < -0.4 is 5.32 Å². The van der Waals surface area contributed by atoms with E-state index in [-0.39, 0.29) is 35.0 Å². The Morgan fingerprint density at radius 3 is 2.27 bits per heavy atom. The number of urea groups is 2. The summed E-state index contributed by atoms with van der Waals surface area (Å²) in [5.74, 6) is -1.11. The minimum absolute atomic E-state index is 0.0662. The van der Waals surface area contributed by atoms with E-state index >= 15 is 0 Å². The van der Waals surface area contributed by atoms with Gasteiger partial charge in [0.1, 0.15) is 6.04 Å². The fourth-order valence-corrected chi connectivity index (χ4v) is 5.79. The Labute approximate surface area is 253 Å². The van der Waals surface area contributed by atoms with Crippen molar-refractivity contribution >= 4 is 29.7 Å². The summed E-state index contributed by atoms with van der Waals surface area (Å²) in [6, 6.07) is 11.3. The van der Waals surface area contributed by atoms with E-state index in [4.69, 9.17) is 9.47 Å². The lowest BCUT2D eigenvalue weighted by Gasteiger charge is -2.40. The molecule has 2 heterocycles. The molecule has 2 aromatic carbocycles. The van der Waals surface area contributed by atoms with E-state index in [0.29, 0.717) is 48.9 Å². The van der Waals surface area contributed by atoms with E-state index in [2.05, 4.69) is 10.2 Å². The van der Waals surface area contributed by atoms with Crippen LogP contribution in [0, 0.1) is 10.1 Å². The fraction of sp³-hybridized carbons (Fsp3) is 0.400. The van der Waals surface area contributed by atoms with Crippen molar-refractivity contribution in [1.82, 2.24) is 20.2 Å². The first kappa shape index (κ1) is 32.1. The standard InChI is InChI=1S/C30H35N5O9/c1-20-24(26(36)43-2)25(21-10-12-23(13-11-21)35(41)42)34(28(38)31-20)29(39)33(40)17-7-16-32-18-14-30(15-19-32,27(37)44-3)22-8-5-4-6-9-22/h4-6,8-13,25,40H,7,14-19H2,1-3H3,(H,31,38). The van der Waals surface area contributed by atoms with Gasteiger partial charge in [0.15, 0.2) is 0 Å². The lowest BCUT2D eigenvalue weighted by Crippen LogP contribution is -2.55.